The number of ether oxygens (including phenoxy) is 4. The molecule has 4 rings (SSSR count). The number of hydrogen-bond donors (Lipinski definition) is 0. The van der Waals surface area contributed by atoms with Crippen LogP contribution in [0.2, 0.25) is 0 Å². The van der Waals surface area contributed by atoms with E-state index in [1.807, 2.05) is 0 Å². The molecule has 2 aromatic rings. The predicted molar refractivity (Wildman–Crippen MR) is 132 cm³/mol. The highest BCUT2D eigenvalue weighted by Gasteiger charge is 2.38. The van der Waals surface area contributed by atoms with Gasteiger partial charge in [0.1, 0.15) is 17.3 Å². The normalized spacial score (nSPS) is 24.1. The van der Waals surface area contributed by atoms with E-state index >= 15 is 0 Å². The summed E-state index contributed by atoms with van der Waals surface area (Å²) in [5, 5.41) is 0. The highest BCUT2D eigenvalue weighted by Crippen LogP contribution is 2.41. The molecule has 0 amide bonds. The third-order valence-corrected chi connectivity index (χ3v) is 7.25. The van der Waals surface area contributed by atoms with Gasteiger partial charge in [0.05, 0.1) is 18.8 Å². The summed E-state index contributed by atoms with van der Waals surface area (Å²) >= 11 is 0. The van der Waals surface area contributed by atoms with Gasteiger partial charge in [-0.2, -0.15) is 17.6 Å². The van der Waals surface area contributed by atoms with Gasteiger partial charge in [-0.05, 0) is 80.0 Å². The molecule has 0 spiro atoms. The third kappa shape index (κ3) is 7.47. The van der Waals surface area contributed by atoms with Crippen molar-refractivity contribution in [2.24, 2.45) is 11.8 Å². The minimum absolute atomic E-state index is 0.0106. The largest absolute Gasteiger partial charge is 0.459 e. The van der Waals surface area contributed by atoms with Crippen LogP contribution in [0.4, 0.5) is 22.0 Å². The first-order chi connectivity index (χ1) is 18.2. The highest BCUT2D eigenvalue weighted by molar-refractivity contribution is 5.34. The molecule has 208 valence electrons. The molecule has 0 aromatic heterocycles. The lowest BCUT2D eigenvalue weighted by atomic mass is 9.78. The maximum Gasteiger partial charge on any atom is 0.429 e. The third-order valence-electron chi connectivity index (χ3n) is 7.25. The van der Waals surface area contributed by atoms with Crippen molar-refractivity contribution in [3.8, 4) is 11.5 Å². The molecule has 1 aliphatic heterocycles. The van der Waals surface area contributed by atoms with Crippen molar-refractivity contribution in [1.29, 1.82) is 0 Å². The van der Waals surface area contributed by atoms with E-state index in [9.17, 15) is 22.0 Å². The van der Waals surface area contributed by atoms with Gasteiger partial charge in [0.25, 0.3) is 0 Å². The van der Waals surface area contributed by atoms with Crippen LogP contribution in [-0.4, -0.2) is 19.5 Å². The minimum atomic E-state index is -3.93. The SMILES string of the molecule is CCCCC1COC(C2CCC(c3ccc(C(F)(F)Oc4ccc(OC=C(F)F)cc4)c(F)c3)CC2)OC1. The second-order valence-electron chi connectivity index (χ2n) is 10.0. The molecular weight excluding hydrogens is 507 g/mol. The average Bonchev–Trinajstić information content (AvgIpc) is 2.91. The molecule has 4 nitrogen and oxygen atoms in total. The predicted octanol–water partition coefficient (Wildman–Crippen LogP) is 8.52. The number of rotatable bonds is 10. The highest BCUT2D eigenvalue weighted by atomic mass is 19.3. The Morgan fingerprint density at radius 1 is 0.974 bits per heavy atom. The zero-order valence-corrected chi connectivity index (χ0v) is 21.3. The molecule has 2 aliphatic rings. The molecule has 0 atom stereocenters. The van der Waals surface area contributed by atoms with Crippen molar-refractivity contribution in [3.63, 3.8) is 0 Å². The zero-order valence-electron chi connectivity index (χ0n) is 21.3. The van der Waals surface area contributed by atoms with Crippen molar-refractivity contribution in [1.82, 2.24) is 0 Å². The Balaban J connectivity index is 1.31. The van der Waals surface area contributed by atoms with Gasteiger partial charge < -0.3 is 18.9 Å². The minimum Gasteiger partial charge on any atom is -0.459 e. The fourth-order valence-corrected chi connectivity index (χ4v) is 5.14. The first-order valence-corrected chi connectivity index (χ1v) is 13.1. The van der Waals surface area contributed by atoms with E-state index in [1.54, 1.807) is 0 Å². The number of hydrogen-bond acceptors (Lipinski definition) is 4. The quantitative estimate of drug-likeness (QED) is 0.224. The molecule has 2 aromatic carbocycles. The molecule has 1 heterocycles. The monoisotopic (exact) mass is 540 g/mol. The van der Waals surface area contributed by atoms with Gasteiger partial charge in [-0.1, -0.05) is 25.8 Å². The van der Waals surface area contributed by atoms with Crippen LogP contribution in [0.1, 0.15) is 68.9 Å². The lowest BCUT2D eigenvalue weighted by Gasteiger charge is -2.37. The first kappa shape index (κ1) is 28.4. The number of alkyl halides is 2. The Kier molecular flexibility index (Phi) is 9.65. The topological polar surface area (TPSA) is 36.9 Å². The molecule has 9 heteroatoms. The van der Waals surface area contributed by atoms with E-state index in [0.717, 1.165) is 76.0 Å². The molecule has 0 unspecified atom stereocenters. The van der Waals surface area contributed by atoms with Crippen LogP contribution in [0.3, 0.4) is 0 Å². The van der Waals surface area contributed by atoms with Gasteiger partial charge in [-0.3, -0.25) is 0 Å². The molecule has 1 aliphatic carbocycles. The van der Waals surface area contributed by atoms with Crippen LogP contribution >= 0.6 is 0 Å². The molecular formula is C29H33F5O4. The van der Waals surface area contributed by atoms with Crippen LogP contribution in [-0.2, 0) is 15.6 Å². The smallest absolute Gasteiger partial charge is 0.429 e. The Morgan fingerprint density at radius 2 is 1.63 bits per heavy atom. The molecule has 1 saturated carbocycles. The van der Waals surface area contributed by atoms with Gasteiger partial charge in [0.2, 0.25) is 0 Å². The van der Waals surface area contributed by atoms with Crippen molar-refractivity contribution in [3.05, 3.63) is 71.8 Å². The Hall–Kier alpha value is -2.65. The van der Waals surface area contributed by atoms with Gasteiger partial charge in [0.15, 0.2) is 12.6 Å². The summed E-state index contributed by atoms with van der Waals surface area (Å²) in [7, 11) is 0. The summed E-state index contributed by atoms with van der Waals surface area (Å²) in [6, 6.07) is 8.39. The lowest BCUT2D eigenvalue weighted by molar-refractivity contribution is -0.229. The van der Waals surface area contributed by atoms with Crippen molar-refractivity contribution in [2.45, 2.75) is 70.2 Å². The van der Waals surface area contributed by atoms with Crippen LogP contribution in [0.15, 0.2) is 54.8 Å². The van der Waals surface area contributed by atoms with Gasteiger partial charge in [-0.25, -0.2) is 4.39 Å². The fourth-order valence-electron chi connectivity index (χ4n) is 5.14. The van der Waals surface area contributed by atoms with Crippen LogP contribution < -0.4 is 9.47 Å². The second kappa shape index (κ2) is 12.9. The molecule has 0 bridgehead atoms. The van der Waals surface area contributed by atoms with Crippen LogP contribution in [0.5, 0.6) is 11.5 Å². The Labute approximate surface area is 219 Å². The number of benzene rings is 2. The maximum atomic E-state index is 14.8. The summed E-state index contributed by atoms with van der Waals surface area (Å²) in [5.74, 6) is -0.496. The Morgan fingerprint density at radius 3 is 2.24 bits per heavy atom. The Bertz CT molecular complexity index is 1060. The summed E-state index contributed by atoms with van der Waals surface area (Å²) in [5.41, 5.74) is -0.195. The van der Waals surface area contributed by atoms with E-state index in [-0.39, 0.29) is 35.9 Å². The van der Waals surface area contributed by atoms with Gasteiger partial charge in [0, 0.05) is 11.8 Å². The summed E-state index contributed by atoms with van der Waals surface area (Å²) in [6.07, 6.45) is 0.841. The molecule has 0 radical (unpaired) electrons. The lowest BCUT2D eigenvalue weighted by Crippen LogP contribution is -2.38. The summed E-state index contributed by atoms with van der Waals surface area (Å²) in [6.45, 7) is 3.62. The van der Waals surface area contributed by atoms with Gasteiger partial charge >= 0.3 is 12.2 Å². The molecule has 2 fully saturated rings. The van der Waals surface area contributed by atoms with E-state index < -0.39 is 23.6 Å². The second-order valence-corrected chi connectivity index (χ2v) is 10.0. The van der Waals surface area contributed by atoms with Crippen molar-refractivity contribution >= 4 is 0 Å². The van der Waals surface area contributed by atoms with Crippen LogP contribution in [0, 0.1) is 17.7 Å². The zero-order chi connectivity index (χ0) is 27.1. The first-order valence-electron chi connectivity index (χ1n) is 13.1. The van der Waals surface area contributed by atoms with E-state index in [2.05, 4.69) is 11.7 Å². The molecule has 0 N–H and O–H groups in total. The van der Waals surface area contributed by atoms with Gasteiger partial charge in [-0.15, -0.1) is 0 Å². The van der Waals surface area contributed by atoms with Crippen molar-refractivity contribution in [2.75, 3.05) is 13.2 Å². The summed E-state index contributed by atoms with van der Waals surface area (Å²) < 4.78 is 89.9. The van der Waals surface area contributed by atoms with E-state index in [4.69, 9.17) is 14.2 Å². The summed E-state index contributed by atoms with van der Waals surface area (Å²) in [4.78, 5) is 0. The van der Waals surface area contributed by atoms with Crippen LogP contribution in [0.25, 0.3) is 0 Å². The number of unbranched alkanes of at least 4 members (excludes halogenated alkanes) is 1. The molecule has 38 heavy (non-hydrogen) atoms. The average molecular weight is 541 g/mol. The van der Waals surface area contributed by atoms with E-state index in [1.165, 1.54) is 24.6 Å². The standard InChI is InChI=1S/C29H33F5O4/c1-2-3-4-19-16-36-28(37-17-19)21-7-5-20(6-8-21)22-9-14-25(26(30)15-22)29(33,34)38-24-12-10-23(11-13-24)35-18-27(31)32/h9-15,18-21,28H,2-8,16-17H2,1H3. The fraction of sp³-hybridized carbons (Fsp3) is 0.517. The molecule has 1 saturated heterocycles. The number of halogens is 5. The van der Waals surface area contributed by atoms with E-state index in [0.29, 0.717) is 11.5 Å². The maximum absolute atomic E-state index is 14.8. The van der Waals surface area contributed by atoms with Crippen molar-refractivity contribution < 1.29 is 40.9 Å².